The number of fused-ring (bicyclic) bond motifs is 1. The maximum Gasteiger partial charge on any atom is 0.276 e. The van der Waals surface area contributed by atoms with E-state index in [1.54, 1.807) is 41.4 Å². The van der Waals surface area contributed by atoms with Crippen LogP contribution in [0, 0.1) is 0 Å². The lowest BCUT2D eigenvalue weighted by atomic mass is 10.2. The van der Waals surface area contributed by atoms with Gasteiger partial charge in [-0.05, 0) is 24.3 Å². The molecule has 9 heteroatoms. The second-order valence-electron chi connectivity index (χ2n) is 5.64. The Kier molecular flexibility index (Phi) is 4.71. The Bertz CT molecular complexity index is 970. The van der Waals surface area contributed by atoms with Crippen molar-refractivity contribution >= 4 is 51.2 Å². The summed E-state index contributed by atoms with van der Waals surface area (Å²) in [6.07, 6.45) is 2.23. The SMILES string of the molecule is O=C(Nc1nc2c(s1)CN(C(=O)c1ccc(Cl)s1)CC2)c1ccccn1. The molecule has 1 N–H and O–H groups in total. The van der Waals surface area contributed by atoms with E-state index in [4.69, 9.17) is 11.6 Å². The van der Waals surface area contributed by atoms with E-state index in [0.717, 1.165) is 10.6 Å². The Hall–Kier alpha value is -2.29. The number of rotatable bonds is 3. The van der Waals surface area contributed by atoms with E-state index < -0.39 is 0 Å². The molecule has 3 aromatic heterocycles. The van der Waals surface area contributed by atoms with Crippen molar-refractivity contribution in [2.45, 2.75) is 13.0 Å². The summed E-state index contributed by atoms with van der Waals surface area (Å²) >= 11 is 8.59. The topological polar surface area (TPSA) is 75.2 Å². The molecule has 132 valence electrons. The third-order valence-electron chi connectivity index (χ3n) is 3.92. The normalized spacial score (nSPS) is 13.3. The van der Waals surface area contributed by atoms with Crippen LogP contribution < -0.4 is 5.32 Å². The number of anilines is 1. The van der Waals surface area contributed by atoms with E-state index in [9.17, 15) is 9.59 Å². The van der Waals surface area contributed by atoms with E-state index in [0.29, 0.717) is 39.5 Å². The van der Waals surface area contributed by atoms with Gasteiger partial charge in [0.15, 0.2) is 5.13 Å². The second kappa shape index (κ2) is 7.14. The highest BCUT2D eigenvalue weighted by atomic mass is 35.5. The number of nitrogens with one attached hydrogen (secondary N) is 1. The summed E-state index contributed by atoms with van der Waals surface area (Å²) in [5.41, 5.74) is 1.27. The zero-order valence-corrected chi connectivity index (χ0v) is 15.8. The molecule has 0 bridgehead atoms. The third-order valence-corrected chi connectivity index (χ3v) is 6.14. The van der Waals surface area contributed by atoms with Crippen LogP contribution in [0.25, 0.3) is 0 Å². The average Bonchev–Trinajstić information content (AvgIpc) is 3.26. The fourth-order valence-corrected chi connectivity index (χ4v) is 4.70. The number of hydrogen-bond acceptors (Lipinski definition) is 6. The molecule has 0 spiro atoms. The number of hydrogen-bond donors (Lipinski definition) is 1. The third kappa shape index (κ3) is 3.48. The van der Waals surface area contributed by atoms with Crippen LogP contribution in [0.5, 0.6) is 0 Å². The summed E-state index contributed by atoms with van der Waals surface area (Å²) in [7, 11) is 0. The molecule has 26 heavy (non-hydrogen) atoms. The molecule has 0 aromatic carbocycles. The molecule has 4 heterocycles. The van der Waals surface area contributed by atoms with Crippen LogP contribution in [0.3, 0.4) is 0 Å². The molecule has 1 aliphatic heterocycles. The summed E-state index contributed by atoms with van der Waals surface area (Å²) in [5, 5.41) is 3.31. The van der Waals surface area contributed by atoms with Crippen LogP contribution in [-0.4, -0.2) is 33.2 Å². The first-order valence-corrected chi connectivity index (χ1v) is 9.87. The van der Waals surface area contributed by atoms with E-state index >= 15 is 0 Å². The van der Waals surface area contributed by atoms with E-state index in [2.05, 4.69) is 15.3 Å². The van der Waals surface area contributed by atoms with Gasteiger partial charge in [0.25, 0.3) is 11.8 Å². The van der Waals surface area contributed by atoms with Crippen molar-refractivity contribution in [3.63, 3.8) is 0 Å². The van der Waals surface area contributed by atoms with Crippen molar-refractivity contribution in [3.05, 3.63) is 62.0 Å². The fraction of sp³-hybridized carbons (Fsp3) is 0.176. The van der Waals surface area contributed by atoms with Gasteiger partial charge in [-0.1, -0.05) is 29.0 Å². The van der Waals surface area contributed by atoms with Crippen LogP contribution in [0.1, 0.15) is 30.7 Å². The molecule has 0 radical (unpaired) electrons. The molecular weight excluding hydrogens is 392 g/mol. The van der Waals surface area contributed by atoms with Crippen LogP contribution >= 0.6 is 34.3 Å². The summed E-state index contributed by atoms with van der Waals surface area (Å²) in [5.74, 6) is -0.321. The van der Waals surface area contributed by atoms with Crippen molar-refractivity contribution in [1.82, 2.24) is 14.9 Å². The molecule has 6 nitrogen and oxygen atoms in total. The highest BCUT2D eigenvalue weighted by Crippen LogP contribution is 2.30. The molecule has 0 aliphatic carbocycles. The summed E-state index contributed by atoms with van der Waals surface area (Å²) in [6.45, 7) is 1.08. The van der Waals surface area contributed by atoms with Gasteiger partial charge in [0.05, 0.1) is 21.5 Å². The van der Waals surface area contributed by atoms with Gasteiger partial charge in [-0.15, -0.1) is 11.3 Å². The minimum Gasteiger partial charge on any atom is -0.332 e. The highest BCUT2D eigenvalue weighted by molar-refractivity contribution is 7.18. The molecule has 4 rings (SSSR count). The van der Waals surface area contributed by atoms with Gasteiger partial charge in [0, 0.05) is 24.0 Å². The van der Waals surface area contributed by atoms with Gasteiger partial charge in [0.1, 0.15) is 5.69 Å². The maximum atomic E-state index is 12.6. The van der Waals surface area contributed by atoms with Gasteiger partial charge in [-0.3, -0.25) is 19.9 Å². The largest absolute Gasteiger partial charge is 0.332 e. The second-order valence-corrected chi connectivity index (χ2v) is 8.44. The molecule has 0 atom stereocenters. The van der Waals surface area contributed by atoms with Gasteiger partial charge < -0.3 is 4.90 Å². The maximum absolute atomic E-state index is 12.6. The number of thiophene rings is 1. The lowest BCUT2D eigenvalue weighted by Gasteiger charge is -2.25. The number of thiazole rings is 1. The first kappa shape index (κ1) is 17.1. The quantitative estimate of drug-likeness (QED) is 0.722. The van der Waals surface area contributed by atoms with Crippen molar-refractivity contribution in [2.24, 2.45) is 0 Å². The van der Waals surface area contributed by atoms with Crippen LogP contribution in [0.4, 0.5) is 5.13 Å². The van der Waals surface area contributed by atoms with Crippen molar-refractivity contribution < 1.29 is 9.59 Å². The summed E-state index contributed by atoms with van der Waals surface area (Å²) in [6, 6.07) is 8.64. The van der Waals surface area contributed by atoms with Crippen LogP contribution in [0.15, 0.2) is 36.5 Å². The molecular formula is C17H13ClN4O2S2. The highest BCUT2D eigenvalue weighted by Gasteiger charge is 2.26. The zero-order chi connectivity index (χ0) is 18.1. The fourth-order valence-electron chi connectivity index (χ4n) is 2.67. The zero-order valence-electron chi connectivity index (χ0n) is 13.4. The Morgan fingerprint density at radius 2 is 2.08 bits per heavy atom. The number of carbonyl (C=O) groups excluding carboxylic acids is 2. The van der Waals surface area contributed by atoms with E-state index in [1.807, 2.05) is 0 Å². The molecule has 0 fully saturated rings. The molecule has 0 saturated heterocycles. The van der Waals surface area contributed by atoms with Crippen LogP contribution in [-0.2, 0) is 13.0 Å². The molecule has 1 aliphatic rings. The molecule has 0 unspecified atom stereocenters. The average molecular weight is 405 g/mol. The first-order valence-electron chi connectivity index (χ1n) is 7.86. The van der Waals surface area contributed by atoms with E-state index in [-0.39, 0.29) is 11.8 Å². The van der Waals surface area contributed by atoms with Crippen molar-refractivity contribution in [2.75, 3.05) is 11.9 Å². The predicted molar refractivity (Wildman–Crippen MR) is 102 cm³/mol. The molecule has 2 amide bonds. The number of nitrogens with zero attached hydrogens (tertiary/aromatic N) is 3. The Balaban J connectivity index is 1.47. The van der Waals surface area contributed by atoms with Crippen molar-refractivity contribution in [1.29, 1.82) is 0 Å². The lowest BCUT2D eigenvalue weighted by Crippen LogP contribution is -2.35. The number of halogens is 1. The Morgan fingerprint density at radius 3 is 2.81 bits per heavy atom. The summed E-state index contributed by atoms with van der Waals surface area (Å²) in [4.78, 5) is 36.7. The number of amides is 2. The predicted octanol–water partition coefficient (Wildman–Crippen LogP) is 3.70. The van der Waals surface area contributed by atoms with Gasteiger partial charge in [-0.2, -0.15) is 0 Å². The standard InChI is InChI=1S/C17H13ClN4O2S2/c18-14-5-4-12(25-14)16(24)22-8-6-10-13(9-22)26-17(20-10)21-15(23)11-3-1-2-7-19-11/h1-5,7H,6,8-9H2,(H,20,21,23). The monoisotopic (exact) mass is 404 g/mol. The Labute approximate surface area is 162 Å². The first-order chi connectivity index (χ1) is 12.6. The van der Waals surface area contributed by atoms with Crippen LogP contribution in [0.2, 0.25) is 4.34 Å². The van der Waals surface area contributed by atoms with Gasteiger partial charge >= 0.3 is 0 Å². The minimum absolute atomic E-state index is 0.0278. The molecule has 0 saturated carbocycles. The van der Waals surface area contributed by atoms with Gasteiger partial charge in [0.2, 0.25) is 0 Å². The minimum atomic E-state index is -0.294. The number of pyridine rings is 1. The number of aromatic nitrogens is 2. The Morgan fingerprint density at radius 1 is 1.19 bits per heavy atom. The summed E-state index contributed by atoms with van der Waals surface area (Å²) < 4.78 is 0.600. The number of carbonyl (C=O) groups is 2. The molecule has 3 aromatic rings. The van der Waals surface area contributed by atoms with E-state index in [1.165, 1.54) is 22.7 Å². The van der Waals surface area contributed by atoms with Gasteiger partial charge in [-0.25, -0.2) is 4.98 Å². The van der Waals surface area contributed by atoms with Crippen molar-refractivity contribution in [3.8, 4) is 0 Å². The smallest absolute Gasteiger partial charge is 0.276 e. The lowest BCUT2D eigenvalue weighted by molar-refractivity contribution is 0.0741.